The minimum Gasteiger partial charge on any atom is -0.481 e. The zero-order valence-corrected chi connectivity index (χ0v) is 9.00. The molecule has 0 aromatic carbocycles. The molecule has 4 heteroatoms. The zero-order chi connectivity index (χ0) is 10.6. The van der Waals surface area contributed by atoms with Crippen LogP contribution >= 0.6 is 12.6 Å². The number of rotatable bonds is 4. The van der Waals surface area contributed by atoms with Crippen molar-refractivity contribution < 1.29 is 14.7 Å². The monoisotopic (exact) mass is 216 g/mol. The fraction of sp³-hybridized carbons (Fsp3) is 0.800. The van der Waals surface area contributed by atoms with Crippen LogP contribution in [0.3, 0.4) is 0 Å². The molecule has 80 valence electrons. The van der Waals surface area contributed by atoms with E-state index in [1.54, 1.807) is 0 Å². The smallest absolute Gasteiger partial charge is 0.307 e. The molecule has 14 heavy (non-hydrogen) atoms. The van der Waals surface area contributed by atoms with Gasteiger partial charge in [0.2, 0.25) is 0 Å². The number of Topliss-reactive ketones (excluding diaryl/α,β-unsaturated/α-hetero) is 1. The van der Waals surface area contributed by atoms with Crippen LogP contribution in [0, 0.1) is 11.8 Å². The van der Waals surface area contributed by atoms with Gasteiger partial charge in [0.05, 0.1) is 5.92 Å². The molecule has 0 spiro atoms. The molecule has 0 aromatic heterocycles. The average molecular weight is 216 g/mol. The van der Waals surface area contributed by atoms with E-state index in [-0.39, 0.29) is 11.7 Å². The Balaban J connectivity index is 2.62. The standard InChI is InChI=1S/C10H16O3S/c11-9(5-6-14)7-3-1-2-4-8(7)10(12)13/h7-8,14H,1-6H2,(H,12,13)/t7-,8-/m1/s1. The molecule has 0 heterocycles. The summed E-state index contributed by atoms with van der Waals surface area (Å²) in [6, 6.07) is 0. The lowest BCUT2D eigenvalue weighted by atomic mass is 9.76. The summed E-state index contributed by atoms with van der Waals surface area (Å²) in [5.41, 5.74) is 0. The summed E-state index contributed by atoms with van der Waals surface area (Å²) in [7, 11) is 0. The van der Waals surface area contributed by atoms with E-state index < -0.39 is 11.9 Å². The highest BCUT2D eigenvalue weighted by molar-refractivity contribution is 7.80. The fourth-order valence-corrected chi connectivity index (χ4v) is 2.33. The highest BCUT2D eigenvalue weighted by Gasteiger charge is 2.34. The van der Waals surface area contributed by atoms with Crippen LogP contribution in [-0.2, 0) is 9.59 Å². The van der Waals surface area contributed by atoms with Crippen molar-refractivity contribution >= 4 is 24.4 Å². The molecular formula is C10H16O3S. The number of thiol groups is 1. The van der Waals surface area contributed by atoms with Crippen molar-refractivity contribution in [1.29, 1.82) is 0 Å². The number of carbonyl (C=O) groups excluding carboxylic acids is 1. The van der Waals surface area contributed by atoms with E-state index in [1.807, 2.05) is 0 Å². The van der Waals surface area contributed by atoms with Crippen molar-refractivity contribution in [2.45, 2.75) is 32.1 Å². The normalized spacial score (nSPS) is 27.2. The van der Waals surface area contributed by atoms with Gasteiger partial charge >= 0.3 is 5.97 Å². The van der Waals surface area contributed by atoms with Gasteiger partial charge in [-0.3, -0.25) is 9.59 Å². The third-order valence-electron chi connectivity index (χ3n) is 2.85. The van der Waals surface area contributed by atoms with Gasteiger partial charge in [-0.25, -0.2) is 0 Å². The molecule has 2 atom stereocenters. The largest absolute Gasteiger partial charge is 0.481 e. The maximum absolute atomic E-state index is 11.6. The van der Waals surface area contributed by atoms with Crippen LogP contribution in [0.25, 0.3) is 0 Å². The SMILES string of the molecule is O=C(O)[C@@H]1CCCC[C@H]1C(=O)CCS. The van der Waals surface area contributed by atoms with Crippen molar-refractivity contribution in [2.24, 2.45) is 11.8 Å². The van der Waals surface area contributed by atoms with Crippen molar-refractivity contribution in [3.05, 3.63) is 0 Å². The first-order valence-electron chi connectivity index (χ1n) is 5.03. The van der Waals surface area contributed by atoms with Crippen molar-refractivity contribution in [1.82, 2.24) is 0 Å². The molecule has 1 saturated carbocycles. The van der Waals surface area contributed by atoms with Crippen LogP contribution in [-0.4, -0.2) is 22.6 Å². The van der Waals surface area contributed by atoms with Crippen LogP contribution in [0.15, 0.2) is 0 Å². The highest BCUT2D eigenvalue weighted by atomic mass is 32.1. The van der Waals surface area contributed by atoms with E-state index in [0.717, 1.165) is 19.3 Å². The molecule has 0 bridgehead atoms. The summed E-state index contributed by atoms with van der Waals surface area (Å²) in [6.07, 6.45) is 3.70. The van der Waals surface area contributed by atoms with Gasteiger partial charge in [0.1, 0.15) is 5.78 Å². The Bertz CT molecular complexity index is 227. The average Bonchev–Trinajstić information content (AvgIpc) is 2.18. The molecule has 1 aliphatic carbocycles. The summed E-state index contributed by atoms with van der Waals surface area (Å²) in [5.74, 6) is -0.930. The molecule has 0 saturated heterocycles. The third-order valence-corrected chi connectivity index (χ3v) is 3.08. The first-order chi connectivity index (χ1) is 6.66. The lowest BCUT2D eigenvalue weighted by molar-refractivity contribution is -0.148. The highest BCUT2D eigenvalue weighted by Crippen LogP contribution is 2.31. The van der Waals surface area contributed by atoms with Gasteiger partial charge in [0.15, 0.2) is 0 Å². The van der Waals surface area contributed by atoms with E-state index in [0.29, 0.717) is 18.6 Å². The quantitative estimate of drug-likeness (QED) is 0.704. The van der Waals surface area contributed by atoms with Crippen LogP contribution < -0.4 is 0 Å². The summed E-state index contributed by atoms with van der Waals surface area (Å²) in [5, 5.41) is 8.95. The Kier molecular flexibility index (Phi) is 4.45. The molecule has 0 unspecified atom stereocenters. The number of carbonyl (C=O) groups is 2. The molecule has 0 aliphatic heterocycles. The van der Waals surface area contributed by atoms with Gasteiger partial charge in [-0.15, -0.1) is 0 Å². The Morgan fingerprint density at radius 2 is 1.79 bits per heavy atom. The Labute approximate surface area is 89.3 Å². The number of ketones is 1. The van der Waals surface area contributed by atoms with Crippen LogP contribution in [0.1, 0.15) is 32.1 Å². The number of carboxylic acids is 1. The molecule has 0 amide bonds. The van der Waals surface area contributed by atoms with Crippen LogP contribution in [0.5, 0.6) is 0 Å². The molecule has 1 fully saturated rings. The predicted octanol–water partition coefficient (Wildman–Crippen LogP) is 1.77. The maximum atomic E-state index is 11.6. The molecule has 1 aliphatic rings. The van der Waals surface area contributed by atoms with Gasteiger partial charge in [0, 0.05) is 12.3 Å². The van der Waals surface area contributed by atoms with Crippen molar-refractivity contribution in [3.8, 4) is 0 Å². The second-order valence-electron chi connectivity index (χ2n) is 3.78. The maximum Gasteiger partial charge on any atom is 0.307 e. The lowest BCUT2D eigenvalue weighted by Gasteiger charge is -2.27. The molecule has 1 N–H and O–H groups in total. The summed E-state index contributed by atoms with van der Waals surface area (Å²) >= 11 is 3.99. The summed E-state index contributed by atoms with van der Waals surface area (Å²) in [4.78, 5) is 22.5. The minimum atomic E-state index is -0.817. The number of hydrogen-bond donors (Lipinski definition) is 2. The first-order valence-corrected chi connectivity index (χ1v) is 5.66. The van der Waals surface area contributed by atoms with Crippen LogP contribution in [0.4, 0.5) is 0 Å². The fourth-order valence-electron chi connectivity index (χ4n) is 2.11. The molecular weight excluding hydrogens is 200 g/mol. The third kappa shape index (κ3) is 2.74. The van der Waals surface area contributed by atoms with Crippen molar-refractivity contribution in [2.75, 3.05) is 5.75 Å². The zero-order valence-electron chi connectivity index (χ0n) is 8.11. The van der Waals surface area contributed by atoms with Gasteiger partial charge in [0.25, 0.3) is 0 Å². The molecule has 0 radical (unpaired) electrons. The van der Waals surface area contributed by atoms with Gasteiger partial charge < -0.3 is 5.11 Å². The van der Waals surface area contributed by atoms with Crippen LogP contribution in [0.2, 0.25) is 0 Å². The van der Waals surface area contributed by atoms with E-state index in [9.17, 15) is 9.59 Å². The Morgan fingerprint density at radius 1 is 1.21 bits per heavy atom. The summed E-state index contributed by atoms with van der Waals surface area (Å²) in [6.45, 7) is 0. The second-order valence-corrected chi connectivity index (χ2v) is 4.22. The lowest BCUT2D eigenvalue weighted by Crippen LogP contribution is -2.32. The van der Waals surface area contributed by atoms with Crippen molar-refractivity contribution in [3.63, 3.8) is 0 Å². The summed E-state index contributed by atoms with van der Waals surface area (Å²) < 4.78 is 0. The first kappa shape index (κ1) is 11.6. The molecule has 1 rings (SSSR count). The number of carboxylic acid groups (broad SMARTS) is 1. The van der Waals surface area contributed by atoms with Gasteiger partial charge in [-0.2, -0.15) is 12.6 Å². The Morgan fingerprint density at radius 3 is 2.29 bits per heavy atom. The van der Waals surface area contributed by atoms with E-state index >= 15 is 0 Å². The second kappa shape index (κ2) is 5.39. The Hall–Kier alpha value is -0.510. The van der Waals surface area contributed by atoms with Gasteiger partial charge in [-0.05, 0) is 18.6 Å². The predicted molar refractivity (Wildman–Crippen MR) is 56.6 cm³/mol. The number of hydrogen-bond acceptors (Lipinski definition) is 3. The topological polar surface area (TPSA) is 54.4 Å². The van der Waals surface area contributed by atoms with E-state index in [1.165, 1.54) is 0 Å². The van der Waals surface area contributed by atoms with Gasteiger partial charge in [-0.1, -0.05) is 12.8 Å². The molecule has 0 aromatic rings. The minimum absolute atomic E-state index is 0.0760. The molecule has 3 nitrogen and oxygen atoms in total. The van der Waals surface area contributed by atoms with E-state index in [4.69, 9.17) is 5.11 Å². The number of aliphatic carboxylic acids is 1. The van der Waals surface area contributed by atoms with E-state index in [2.05, 4.69) is 12.6 Å².